The molecule has 0 spiro atoms. The Kier molecular flexibility index (Phi) is 6.83. The molecule has 39 heavy (non-hydrogen) atoms. The van der Waals surface area contributed by atoms with Gasteiger partial charge in [-0.15, -0.1) is 0 Å². The van der Waals surface area contributed by atoms with Crippen LogP contribution in [-0.4, -0.2) is 38.3 Å². The molecule has 0 amide bonds. The summed E-state index contributed by atoms with van der Waals surface area (Å²) in [5.74, 6) is 0.766. The molecule has 0 saturated carbocycles. The molecule has 3 atom stereocenters. The number of nitrogens with one attached hydrogen (secondary N) is 2. The molecular formula is C31H33N5O2S. The summed E-state index contributed by atoms with van der Waals surface area (Å²) in [7, 11) is -3.39. The van der Waals surface area contributed by atoms with Crippen molar-refractivity contribution >= 4 is 15.9 Å². The molecule has 2 N–H and O–H groups in total. The molecule has 3 heterocycles. The van der Waals surface area contributed by atoms with E-state index in [9.17, 15) is 4.21 Å². The lowest BCUT2D eigenvalue weighted by atomic mass is 9.91. The number of aromatic nitrogens is 2. The third-order valence-electron chi connectivity index (χ3n) is 7.68. The van der Waals surface area contributed by atoms with Gasteiger partial charge in [0.05, 0.1) is 10.6 Å². The van der Waals surface area contributed by atoms with Gasteiger partial charge < -0.3 is 4.74 Å². The highest BCUT2D eigenvalue weighted by molar-refractivity contribution is 7.93. The fourth-order valence-corrected chi connectivity index (χ4v) is 6.82. The van der Waals surface area contributed by atoms with Crippen molar-refractivity contribution in [2.45, 2.75) is 50.2 Å². The molecule has 6 rings (SSSR count). The summed E-state index contributed by atoms with van der Waals surface area (Å²) in [6.45, 7) is 6.63. The van der Waals surface area contributed by atoms with Gasteiger partial charge in [0.2, 0.25) is 11.8 Å². The number of ether oxygens (including phenoxy) is 1. The maximum atomic E-state index is 13.6. The molecule has 2 aliphatic heterocycles. The van der Waals surface area contributed by atoms with E-state index in [-0.39, 0.29) is 18.0 Å². The van der Waals surface area contributed by atoms with Gasteiger partial charge in [0.25, 0.3) is 0 Å². The first kappa shape index (κ1) is 25.5. The number of fused-ring (bicyclic) bond motifs is 7. The van der Waals surface area contributed by atoms with E-state index < -0.39 is 9.92 Å². The van der Waals surface area contributed by atoms with Crippen LogP contribution in [-0.2, 0) is 16.5 Å². The van der Waals surface area contributed by atoms with Crippen LogP contribution in [0.1, 0.15) is 41.0 Å². The molecule has 2 aliphatic rings. The van der Waals surface area contributed by atoms with Gasteiger partial charge in [-0.25, -0.2) is 14.0 Å². The Bertz CT molecular complexity index is 1590. The molecular weight excluding hydrogens is 506 g/mol. The van der Waals surface area contributed by atoms with Crippen LogP contribution in [0.4, 0.5) is 5.95 Å². The summed E-state index contributed by atoms with van der Waals surface area (Å²) in [6.07, 6.45) is 1.66. The number of hydrogen-bond acceptors (Lipinski definition) is 6. The van der Waals surface area contributed by atoms with Gasteiger partial charge in [-0.3, -0.25) is 9.62 Å². The quantitative estimate of drug-likeness (QED) is 0.317. The molecule has 200 valence electrons. The van der Waals surface area contributed by atoms with E-state index in [1.165, 1.54) is 5.56 Å². The van der Waals surface area contributed by atoms with E-state index in [0.29, 0.717) is 16.5 Å². The topological polar surface area (TPSA) is 91.2 Å². The lowest BCUT2D eigenvalue weighted by Gasteiger charge is -2.26. The molecule has 4 aromatic rings. The summed E-state index contributed by atoms with van der Waals surface area (Å²) < 4.78 is 31.9. The minimum atomic E-state index is -3.39. The molecule has 6 bridgehead atoms. The Balaban J connectivity index is 1.45. The second-order valence-electron chi connectivity index (χ2n) is 10.6. The number of rotatable bonds is 3. The number of benzene rings is 3. The largest absolute Gasteiger partial charge is 0.473 e. The minimum absolute atomic E-state index is 0.0989. The Morgan fingerprint density at radius 1 is 1.00 bits per heavy atom. The molecule has 1 aromatic heterocycles. The number of hydrogen-bond donors (Lipinski definition) is 2. The monoisotopic (exact) mass is 539 g/mol. The standard InChI is InChI=1S/C31H33N5O2S/c1-21-8-6-9-22(2)30(21)28-18-29-34-31(33-28)35-39(32,37)27-13-7-12-24(17-27)25-14-15-36(20-26(16-25)38-29)19-23-10-4-3-5-11-23/h3-13,17-18,25-26H,14-16,19-20H2,1-2H3,(H2,32,33,34,35,37). The van der Waals surface area contributed by atoms with E-state index in [1.807, 2.05) is 56.3 Å². The molecule has 0 radical (unpaired) electrons. The Morgan fingerprint density at radius 3 is 2.56 bits per heavy atom. The molecule has 7 nitrogen and oxygen atoms in total. The second-order valence-corrected chi connectivity index (χ2v) is 12.4. The molecule has 3 aromatic carbocycles. The number of anilines is 1. The normalized spacial score (nSPS) is 22.9. The van der Waals surface area contributed by atoms with Crippen LogP contribution < -0.4 is 9.46 Å². The number of aryl methyl sites for hydroxylation is 2. The van der Waals surface area contributed by atoms with Gasteiger partial charge in [-0.05, 0) is 73.5 Å². The first-order valence-electron chi connectivity index (χ1n) is 13.4. The predicted molar refractivity (Wildman–Crippen MR) is 154 cm³/mol. The molecule has 1 fully saturated rings. The van der Waals surface area contributed by atoms with Crippen LogP contribution in [0.2, 0.25) is 0 Å². The maximum absolute atomic E-state index is 13.6. The third-order valence-corrected chi connectivity index (χ3v) is 9.06. The zero-order valence-electron chi connectivity index (χ0n) is 22.3. The van der Waals surface area contributed by atoms with E-state index in [4.69, 9.17) is 14.5 Å². The summed E-state index contributed by atoms with van der Waals surface area (Å²) in [5, 5.41) is 0. The number of nitrogens with zero attached hydrogens (tertiary/aromatic N) is 3. The second kappa shape index (κ2) is 10.4. The van der Waals surface area contributed by atoms with Crippen molar-refractivity contribution in [3.05, 3.63) is 101 Å². The minimum Gasteiger partial charge on any atom is -0.473 e. The lowest BCUT2D eigenvalue weighted by Crippen LogP contribution is -2.34. The molecule has 8 heteroatoms. The first-order chi connectivity index (χ1) is 18.8. The van der Waals surface area contributed by atoms with Crippen molar-refractivity contribution in [2.24, 2.45) is 0 Å². The van der Waals surface area contributed by atoms with Gasteiger partial charge in [0, 0.05) is 24.7 Å². The van der Waals surface area contributed by atoms with Gasteiger partial charge >= 0.3 is 0 Å². The van der Waals surface area contributed by atoms with Crippen molar-refractivity contribution in [2.75, 3.05) is 17.8 Å². The van der Waals surface area contributed by atoms with Crippen LogP contribution in [0.25, 0.3) is 11.3 Å². The average Bonchev–Trinajstić information content (AvgIpc) is 3.10. The van der Waals surface area contributed by atoms with Crippen molar-refractivity contribution in [3.63, 3.8) is 0 Å². The van der Waals surface area contributed by atoms with E-state index in [1.54, 1.807) is 6.07 Å². The zero-order valence-corrected chi connectivity index (χ0v) is 23.1. The molecule has 1 saturated heterocycles. The fourth-order valence-electron chi connectivity index (χ4n) is 5.78. The van der Waals surface area contributed by atoms with Gasteiger partial charge in [-0.2, -0.15) is 4.98 Å². The smallest absolute Gasteiger partial charge is 0.239 e. The SMILES string of the molecule is Cc1cccc(C)c1-c1cc2nc(n1)NS(=N)(=O)c1cccc(c1)C1CCN(Cc3ccccc3)CC(C1)O2. The van der Waals surface area contributed by atoms with Crippen LogP contribution in [0, 0.1) is 18.6 Å². The summed E-state index contributed by atoms with van der Waals surface area (Å²) in [4.78, 5) is 12.2. The summed E-state index contributed by atoms with van der Waals surface area (Å²) >= 11 is 0. The Morgan fingerprint density at radius 2 is 1.77 bits per heavy atom. The van der Waals surface area contributed by atoms with Gasteiger partial charge in [-0.1, -0.05) is 60.7 Å². The van der Waals surface area contributed by atoms with Crippen molar-refractivity contribution in [3.8, 4) is 17.1 Å². The van der Waals surface area contributed by atoms with Gasteiger partial charge in [0.15, 0.2) is 9.92 Å². The van der Waals surface area contributed by atoms with Crippen molar-refractivity contribution < 1.29 is 8.95 Å². The molecule has 3 unspecified atom stereocenters. The summed E-state index contributed by atoms with van der Waals surface area (Å²) in [6, 6.07) is 26.1. The lowest BCUT2D eigenvalue weighted by molar-refractivity contribution is 0.132. The fraction of sp³-hybridized carbons (Fsp3) is 0.290. The van der Waals surface area contributed by atoms with Crippen LogP contribution in [0.5, 0.6) is 5.88 Å². The highest BCUT2D eigenvalue weighted by atomic mass is 32.2. The highest BCUT2D eigenvalue weighted by Gasteiger charge is 2.29. The maximum Gasteiger partial charge on any atom is 0.239 e. The Labute approximate surface area is 230 Å². The van der Waals surface area contributed by atoms with E-state index in [2.05, 4.69) is 44.9 Å². The molecule has 0 aliphatic carbocycles. The van der Waals surface area contributed by atoms with E-state index in [0.717, 1.165) is 54.7 Å². The Hall–Kier alpha value is -3.75. The van der Waals surface area contributed by atoms with Crippen molar-refractivity contribution in [1.82, 2.24) is 14.9 Å². The summed E-state index contributed by atoms with van der Waals surface area (Å²) in [5.41, 5.74) is 6.19. The van der Waals surface area contributed by atoms with Crippen molar-refractivity contribution in [1.29, 1.82) is 4.78 Å². The highest BCUT2D eigenvalue weighted by Crippen LogP contribution is 2.35. The van der Waals surface area contributed by atoms with Crippen LogP contribution in [0.3, 0.4) is 0 Å². The first-order valence-corrected chi connectivity index (χ1v) is 14.9. The predicted octanol–water partition coefficient (Wildman–Crippen LogP) is 6.33. The number of likely N-dealkylation sites (tertiary alicyclic amines) is 1. The zero-order chi connectivity index (χ0) is 27.0. The van der Waals surface area contributed by atoms with Crippen LogP contribution in [0.15, 0.2) is 83.8 Å². The van der Waals surface area contributed by atoms with Gasteiger partial charge in [0.1, 0.15) is 6.10 Å². The average molecular weight is 540 g/mol. The van der Waals surface area contributed by atoms with Crippen LogP contribution >= 0.6 is 0 Å². The third kappa shape index (κ3) is 5.53. The van der Waals surface area contributed by atoms with E-state index >= 15 is 0 Å².